The highest BCUT2D eigenvalue weighted by Gasteiger charge is 2.32. The summed E-state index contributed by atoms with van der Waals surface area (Å²) in [6, 6.07) is 13.2. The van der Waals surface area contributed by atoms with Crippen molar-refractivity contribution >= 4 is 21.6 Å². The number of likely N-dealkylation sites (N-methyl/N-ethyl adjacent to an activating group) is 1. The molecule has 0 saturated heterocycles. The number of ether oxygens (including phenoxy) is 2. The van der Waals surface area contributed by atoms with E-state index in [0.717, 1.165) is 49.2 Å². The van der Waals surface area contributed by atoms with Crippen LogP contribution in [0.15, 0.2) is 71.6 Å². The number of carbonyl (C=O) groups is 1. The summed E-state index contributed by atoms with van der Waals surface area (Å²) in [5, 5.41) is 10.2. The molecular formula is C36H45F4N3O6S. The summed E-state index contributed by atoms with van der Waals surface area (Å²) in [5.74, 6) is -1.07. The van der Waals surface area contributed by atoms with E-state index in [-0.39, 0.29) is 53.2 Å². The lowest BCUT2D eigenvalue weighted by Crippen LogP contribution is -2.47. The molecule has 0 saturated carbocycles. The molecule has 3 aromatic carbocycles. The van der Waals surface area contributed by atoms with Crippen molar-refractivity contribution in [2.24, 2.45) is 5.92 Å². The van der Waals surface area contributed by atoms with E-state index in [1.165, 1.54) is 35.2 Å². The molecule has 0 fully saturated rings. The molecule has 2 N–H and O–H groups in total. The first-order valence-corrected chi connectivity index (χ1v) is 18.0. The monoisotopic (exact) mass is 723 g/mol. The Kier molecular flexibility index (Phi) is 13.3. The van der Waals surface area contributed by atoms with Gasteiger partial charge in [-0.1, -0.05) is 19.1 Å². The van der Waals surface area contributed by atoms with Crippen LogP contribution in [0.5, 0.6) is 5.75 Å². The van der Waals surface area contributed by atoms with Gasteiger partial charge in [-0.05, 0) is 100 Å². The van der Waals surface area contributed by atoms with Crippen LogP contribution in [-0.2, 0) is 27.5 Å². The Morgan fingerprint density at radius 3 is 2.36 bits per heavy atom. The highest BCUT2D eigenvalue weighted by atomic mass is 32.2. The van der Waals surface area contributed by atoms with Crippen molar-refractivity contribution < 1.29 is 45.4 Å². The second kappa shape index (κ2) is 17.0. The molecule has 50 heavy (non-hydrogen) atoms. The first-order valence-electron chi connectivity index (χ1n) is 16.5. The van der Waals surface area contributed by atoms with E-state index in [2.05, 4.69) is 4.72 Å². The van der Waals surface area contributed by atoms with Crippen molar-refractivity contribution in [3.8, 4) is 5.75 Å². The number of aliphatic hydroxyl groups excluding tert-OH is 1. The van der Waals surface area contributed by atoms with Crippen molar-refractivity contribution in [2.75, 3.05) is 38.1 Å². The zero-order valence-corrected chi connectivity index (χ0v) is 29.4. The van der Waals surface area contributed by atoms with Crippen LogP contribution in [-0.4, -0.2) is 80.8 Å². The van der Waals surface area contributed by atoms with Gasteiger partial charge in [0.2, 0.25) is 0 Å². The topological polar surface area (TPSA) is 108 Å². The zero-order valence-electron chi connectivity index (χ0n) is 28.6. The van der Waals surface area contributed by atoms with Crippen molar-refractivity contribution in [1.29, 1.82) is 0 Å². The molecule has 0 spiro atoms. The average molecular weight is 724 g/mol. The lowest BCUT2D eigenvalue weighted by atomic mass is 10.0. The van der Waals surface area contributed by atoms with E-state index in [1.807, 2.05) is 25.8 Å². The van der Waals surface area contributed by atoms with Crippen LogP contribution in [0.1, 0.15) is 61.5 Å². The van der Waals surface area contributed by atoms with Gasteiger partial charge in [-0.3, -0.25) is 14.4 Å². The predicted molar refractivity (Wildman–Crippen MR) is 182 cm³/mol. The quantitative estimate of drug-likeness (QED) is 0.241. The highest BCUT2D eigenvalue weighted by molar-refractivity contribution is 7.92. The van der Waals surface area contributed by atoms with Crippen LogP contribution in [0.25, 0.3) is 0 Å². The van der Waals surface area contributed by atoms with Gasteiger partial charge in [-0.15, -0.1) is 0 Å². The molecular weight excluding hydrogens is 678 g/mol. The fourth-order valence-electron chi connectivity index (χ4n) is 5.76. The van der Waals surface area contributed by atoms with E-state index in [0.29, 0.717) is 31.7 Å². The van der Waals surface area contributed by atoms with E-state index >= 15 is 0 Å². The highest BCUT2D eigenvalue weighted by Crippen LogP contribution is 2.31. The minimum Gasteiger partial charge on any atom is -0.490 e. The number of benzene rings is 3. The molecule has 0 radical (unpaired) electrons. The van der Waals surface area contributed by atoms with Crippen LogP contribution >= 0.6 is 0 Å². The SMILES string of the molecule is C[C@@H]1CCCCO[C@H](CN(C)Cc2ccc(C(F)(F)F)cc2)[C@@H](C)CN([C@@H](C)CO)C(=O)c2cc(NS(=O)(=O)c3ccc(F)cc3)ccc2O1. The van der Waals surface area contributed by atoms with Gasteiger partial charge in [0.25, 0.3) is 15.9 Å². The minimum atomic E-state index is -4.42. The number of hydrogen-bond acceptors (Lipinski definition) is 7. The van der Waals surface area contributed by atoms with Gasteiger partial charge in [0.1, 0.15) is 11.6 Å². The average Bonchev–Trinajstić information content (AvgIpc) is 3.06. The first kappa shape index (κ1) is 39.1. The number of alkyl halides is 3. The maximum Gasteiger partial charge on any atom is 0.416 e. The lowest BCUT2D eigenvalue weighted by molar-refractivity contribution is -0.137. The van der Waals surface area contributed by atoms with E-state index in [9.17, 15) is 35.9 Å². The summed E-state index contributed by atoms with van der Waals surface area (Å²) in [6.45, 7) is 6.57. The number of carbonyl (C=O) groups excluding carboxylic acids is 1. The molecule has 1 aliphatic rings. The second-order valence-electron chi connectivity index (χ2n) is 13.0. The summed E-state index contributed by atoms with van der Waals surface area (Å²) < 4.78 is 93.8. The standard InChI is InChI=1S/C36H45F4N3O6S/c1-24-20-43(25(2)23-44)35(45)32-19-30(41-50(46,47)31-15-12-29(37)13-16-31)14-17-33(32)49-26(3)7-5-6-18-48-34(24)22-42(4)21-27-8-10-28(11-9-27)36(38,39)40/h8-17,19,24-26,34,41,44H,5-7,18,20-23H2,1-4H3/t24-,25-,26+,34+/m0/s1. The number of nitrogens with zero attached hydrogens (tertiary/aromatic N) is 2. The lowest BCUT2D eigenvalue weighted by Gasteiger charge is -2.36. The Morgan fingerprint density at radius 1 is 1.04 bits per heavy atom. The predicted octanol–water partition coefficient (Wildman–Crippen LogP) is 6.57. The number of anilines is 1. The minimum absolute atomic E-state index is 0.0922. The summed E-state index contributed by atoms with van der Waals surface area (Å²) >= 11 is 0. The third kappa shape index (κ3) is 10.6. The zero-order chi connectivity index (χ0) is 36.6. The maximum absolute atomic E-state index is 14.3. The summed E-state index contributed by atoms with van der Waals surface area (Å²) in [7, 11) is -2.27. The van der Waals surface area contributed by atoms with Gasteiger partial charge in [0, 0.05) is 37.8 Å². The molecule has 3 aromatic rings. The Hall–Kier alpha value is -3.72. The Bertz CT molecular complexity index is 1670. The van der Waals surface area contributed by atoms with Crippen LogP contribution < -0.4 is 9.46 Å². The third-order valence-electron chi connectivity index (χ3n) is 8.65. The van der Waals surface area contributed by atoms with Gasteiger partial charge < -0.3 is 19.5 Å². The fraction of sp³-hybridized carbons (Fsp3) is 0.472. The van der Waals surface area contributed by atoms with Crippen LogP contribution in [0, 0.1) is 11.7 Å². The normalized spacial score (nSPS) is 20.5. The van der Waals surface area contributed by atoms with Crippen molar-refractivity contribution in [1.82, 2.24) is 9.80 Å². The first-order chi connectivity index (χ1) is 23.6. The Morgan fingerprint density at radius 2 is 1.72 bits per heavy atom. The smallest absolute Gasteiger partial charge is 0.416 e. The van der Waals surface area contributed by atoms with Crippen LogP contribution in [0.3, 0.4) is 0 Å². The number of halogens is 4. The van der Waals surface area contributed by atoms with Crippen molar-refractivity contribution in [2.45, 2.75) is 75.9 Å². The molecule has 1 aliphatic heterocycles. The van der Waals surface area contributed by atoms with Crippen LogP contribution in [0.4, 0.5) is 23.2 Å². The summed E-state index contributed by atoms with van der Waals surface area (Å²) in [4.78, 5) is 17.6. The molecule has 0 aromatic heterocycles. The number of sulfonamides is 1. The molecule has 0 bridgehead atoms. The molecule has 9 nitrogen and oxygen atoms in total. The fourth-order valence-corrected chi connectivity index (χ4v) is 6.81. The number of rotatable bonds is 9. The summed E-state index contributed by atoms with van der Waals surface area (Å²) in [6.07, 6.45) is -2.91. The molecule has 1 amide bonds. The number of nitrogens with one attached hydrogen (secondary N) is 1. The number of hydrogen-bond donors (Lipinski definition) is 2. The van der Waals surface area contributed by atoms with Gasteiger partial charge >= 0.3 is 6.18 Å². The van der Waals surface area contributed by atoms with E-state index in [1.54, 1.807) is 6.92 Å². The Balaban J connectivity index is 1.61. The molecule has 0 aliphatic carbocycles. The van der Waals surface area contributed by atoms with Gasteiger partial charge in [-0.25, -0.2) is 12.8 Å². The number of aliphatic hydroxyl groups is 1. The summed E-state index contributed by atoms with van der Waals surface area (Å²) in [5.41, 5.74) is 0.178. The second-order valence-corrected chi connectivity index (χ2v) is 14.6. The Labute approximate surface area is 291 Å². The van der Waals surface area contributed by atoms with E-state index < -0.39 is 39.5 Å². The number of amides is 1. The van der Waals surface area contributed by atoms with Crippen molar-refractivity contribution in [3.05, 3.63) is 89.2 Å². The number of fused-ring (bicyclic) bond motifs is 1. The van der Waals surface area contributed by atoms with Crippen molar-refractivity contribution in [3.63, 3.8) is 0 Å². The molecule has 1 heterocycles. The molecule has 14 heteroatoms. The molecule has 4 atom stereocenters. The van der Waals surface area contributed by atoms with Gasteiger partial charge in [-0.2, -0.15) is 13.2 Å². The third-order valence-corrected chi connectivity index (χ3v) is 10.1. The van der Waals surface area contributed by atoms with E-state index in [4.69, 9.17) is 9.47 Å². The molecule has 4 rings (SSSR count). The molecule has 0 unspecified atom stereocenters. The largest absolute Gasteiger partial charge is 0.490 e. The van der Waals surface area contributed by atoms with Crippen LogP contribution in [0.2, 0.25) is 0 Å². The van der Waals surface area contributed by atoms with Gasteiger partial charge in [0.05, 0.1) is 40.9 Å². The molecule has 274 valence electrons. The van der Waals surface area contributed by atoms with Gasteiger partial charge in [0.15, 0.2) is 0 Å². The maximum atomic E-state index is 14.3.